The minimum absolute atomic E-state index is 0.109. The van der Waals surface area contributed by atoms with E-state index in [2.05, 4.69) is 5.32 Å². The van der Waals surface area contributed by atoms with Crippen LogP contribution in [0.25, 0.3) is 0 Å². The Kier molecular flexibility index (Phi) is 4.90. The molecular formula is C12H17N3OS. The van der Waals surface area contributed by atoms with Crippen molar-refractivity contribution in [3.63, 3.8) is 0 Å². The molecule has 5 heteroatoms. The zero-order chi connectivity index (χ0) is 12.8. The molecule has 0 aromatic heterocycles. The average Bonchev–Trinajstić information content (AvgIpc) is 2.29. The summed E-state index contributed by atoms with van der Waals surface area (Å²) in [6.07, 6.45) is 0.476. The van der Waals surface area contributed by atoms with Crippen molar-refractivity contribution in [3.8, 4) is 0 Å². The number of benzene rings is 1. The van der Waals surface area contributed by atoms with Gasteiger partial charge in [-0.25, -0.2) is 0 Å². The Hall–Kier alpha value is -1.62. The highest BCUT2D eigenvalue weighted by Crippen LogP contribution is 2.09. The molecule has 0 atom stereocenters. The summed E-state index contributed by atoms with van der Waals surface area (Å²) in [5.41, 5.74) is 7.30. The second-order valence-corrected chi connectivity index (χ2v) is 4.35. The van der Waals surface area contributed by atoms with Gasteiger partial charge in [0.15, 0.2) is 0 Å². The number of hydrogen-bond donors (Lipinski definition) is 2. The highest BCUT2D eigenvalue weighted by Gasteiger charge is 2.02. The molecule has 1 rings (SSSR count). The largest absolute Gasteiger partial charge is 0.389 e. The van der Waals surface area contributed by atoms with Crippen molar-refractivity contribution < 1.29 is 4.79 Å². The Bertz CT molecular complexity index is 401. The fourth-order valence-electron chi connectivity index (χ4n) is 1.29. The lowest BCUT2D eigenvalue weighted by Gasteiger charge is -2.11. The monoisotopic (exact) mass is 251 g/mol. The van der Waals surface area contributed by atoms with Crippen LogP contribution >= 0.6 is 12.2 Å². The highest BCUT2D eigenvalue weighted by molar-refractivity contribution is 7.80. The third-order valence-corrected chi connectivity index (χ3v) is 2.57. The van der Waals surface area contributed by atoms with Crippen LogP contribution in [0.2, 0.25) is 0 Å². The summed E-state index contributed by atoms with van der Waals surface area (Å²) < 4.78 is 0. The molecule has 0 unspecified atom stereocenters. The molecule has 1 aromatic rings. The summed E-state index contributed by atoms with van der Waals surface area (Å²) >= 11 is 4.86. The predicted octanol–water partition coefficient (Wildman–Crippen LogP) is 1.21. The van der Waals surface area contributed by atoms with Crippen LogP contribution in [0.5, 0.6) is 0 Å². The first-order chi connectivity index (χ1) is 8.00. The fourth-order valence-corrected chi connectivity index (χ4v) is 1.43. The van der Waals surface area contributed by atoms with Gasteiger partial charge in [0, 0.05) is 38.3 Å². The van der Waals surface area contributed by atoms with Crippen molar-refractivity contribution in [2.45, 2.75) is 6.42 Å². The number of carbonyl (C=O) groups excluding carboxylic acids is 1. The number of nitrogens with two attached hydrogens (primary N) is 1. The topological polar surface area (TPSA) is 58.4 Å². The van der Waals surface area contributed by atoms with Gasteiger partial charge in [-0.3, -0.25) is 4.79 Å². The number of anilines is 1. The Morgan fingerprint density at radius 2 is 1.94 bits per heavy atom. The second kappa shape index (κ2) is 6.20. The third kappa shape index (κ3) is 4.40. The van der Waals surface area contributed by atoms with Gasteiger partial charge >= 0.3 is 0 Å². The van der Waals surface area contributed by atoms with Gasteiger partial charge in [-0.05, 0) is 24.3 Å². The molecule has 0 saturated carbocycles. The Balaban J connectivity index is 2.42. The van der Waals surface area contributed by atoms with E-state index in [0.717, 1.165) is 11.3 Å². The first-order valence-electron chi connectivity index (χ1n) is 5.34. The van der Waals surface area contributed by atoms with Gasteiger partial charge in [-0.1, -0.05) is 12.2 Å². The average molecular weight is 251 g/mol. The lowest BCUT2D eigenvalue weighted by atomic mass is 10.2. The maximum atomic E-state index is 11.3. The van der Waals surface area contributed by atoms with E-state index in [9.17, 15) is 4.79 Å². The second-order valence-electron chi connectivity index (χ2n) is 3.91. The zero-order valence-electron chi connectivity index (χ0n) is 10.1. The molecule has 0 heterocycles. The van der Waals surface area contributed by atoms with Gasteiger partial charge < -0.3 is 16.0 Å². The summed E-state index contributed by atoms with van der Waals surface area (Å²) in [5, 5.41) is 3.16. The van der Waals surface area contributed by atoms with Crippen LogP contribution < -0.4 is 11.1 Å². The number of nitrogens with one attached hydrogen (secondary N) is 1. The number of thiocarbonyl (C=S) groups is 1. The summed E-state index contributed by atoms with van der Waals surface area (Å²) in [4.78, 5) is 13.3. The molecule has 17 heavy (non-hydrogen) atoms. The van der Waals surface area contributed by atoms with Crippen molar-refractivity contribution in [2.75, 3.05) is 26.0 Å². The van der Waals surface area contributed by atoms with Crippen LogP contribution in [-0.2, 0) is 4.79 Å². The normalized spacial score (nSPS) is 9.76. The summed E-state index contributed by atoms with van der Waals surface area (Å²) in [6, 6.07) is 7.51. The van der Waals surface area contributed by atoms with Crippen molar-refractivity contribution in [1.82, 2.24) is 4.90 Å². The number of hydrogen-bond acceptors (Lipinski definition) is 3. The van der Waals surface area contributed by atoms with Crippen LogP contribution in [-0.4, -0.2) is 36.4 Å². The SMILES string of the molecule is CN(C)C(=O)CCNc1ccc(C(N)=S)cc1. The van der Waals surface area contributed by atoms with E-state index in [1.807, 2.05) is 24.3 Å². The van der Waals surface area contributed by atoms with Gasteiger partial charge in [-0.15, -0.1) is 0 Å². The summed E-state index contributed by atoms with van der Waals surface area (Å²) in [6.45, 7) is 0.615. The molecule has 0 aliphatic rings. The minimum Gasteiger partial charge on any atom is -0.389 e. The van der Waals surface area contributed by atoms with E-state index in [-0.39, 0.29) is 5.91 Å². The molecule has 0 aliphatic carbocycles. The zero-order valence-corrected chi connectivity index (χ0v) is 10.9. The van der Waals surface area contributed by atoms with Crippen LogP contribution in [0.1, 0.15) is 12.0 Å². The molecule has 3 N–H and O–H groups in total. The van der Waals surface area contributed by atoms with E-state index >= 15 is 0 Å². The smallest absolute Gasteiger partial charge is 0.223 e. The Labute approximate surface area is 107 Å². The van der Waals surface area contributed by atoms with Crippen LogP contribution in [0.15, 0.2) is 24.3 Å². The maximum Gasteiger partial charge on any atom is 0.223 e. The molecule has 0 spiro atoms. The molecular weight excluding hydrogens is 234 g/mol. The lowest BCUT2D eigenvalue weighted by Crippen LogP contribution is -2.23. The molecule has 0 saturated heterocycles. The standard InChI is InChI=1S/C12H17N3OS/c1-15(2)11(16)7-8-14-10-5-3-9(4-6-10)12(13)17/h3-6,14H,7-8H2,1-2H3,(H2,13,17). The molecule has 0 aliphatic heterocycles. The molecule has 92 valence electrons. The van der Waals surface area contributed by atoms with E-state index in [1.54, 1.807) is 19.0 Å². The Morgan fingerprint density at radius 3 is 2.41 bits per heavy atom. The maximum absolute atomic E-state index is 11.3. The molecule has 0 radical (unpaired) electrons. The van der Waals surface area contributed by atoms with E-state index < -0.39 is 0 Å². The first kappa shape index (κ1) is 13.4. The Morgan fingerprint density at radius 1 is 1.35 bits per heavy atom. The van der Waals surface area contributed by atoms with Crippen LogP contribution in [0.4, 0.5) is 5.69 Å². The van der Waals surface area contributed by atoms with Crippen LogP contribution in [0, 0.1) is 0 Å². The fraction of sp³-hybridized carbons (Fsp3) is 0.333. The van der Waals surface area contributed by atoms with Crippen molar-refractivity contribution in [2.24, 2.45) is 5.73 Å². The van der Waals surface area contributed by atoms with Gasteiger partial charge in [-0.2, -0.15) is 0 Å². The molecule has 0 bridgehead atoms. The molecule has 1 aromatic carbocycles. The quantitative estimate of drug-likeness (QED) is 0.772. The number of carbonyl (C=O) groups is 1. The minimum atomic E-state index is 0.109. The number of amides is 1. The van der Waals surface area contributed by atoms with Gasteiger partial charge in [0.05, 0.1) is 0 Å². The van der Waals surface area contributed by atoms with Gasteiger partial charge in [0.25, 0.3) is 0 Å². The summed E-state index contributed by atoms with van der Waals surface area (Å²) in [5.74, 6) is 0.109. The van der Waals surface area contributed by atoms with Crippen LogP contribution in [0.3, 0.4) is 0 Å². The van der Waals surface area contributed by atoms with E-state index in [0.29, 0.717) is 18.0 Å². The number of rotatable bonds is 5. The van der Waals surface area contributed by atoms with Crippen molar-refractivity contribution >= 4 is 28.8 Å². The molecule has 1 amide bonds. The predicted molar refractivity (Wildman–Crippen MR) is 74.1 cm³/mol. The number of nitrogens with zero attached hydrogens (tertiary/aromatic N) is 1. The lowest BCUT2D eigenvalue weighted by molar-refractivity contribution is -0.128. The van der Waals surface area contributed by atoms with Crippen molar-refractivity contribution in [1.29, 1.82) is 0 Å². The van der Waals surface area contributed by atoms with E-state index in [1.165, 1.54) is 0 Å². The summed E-state index contributed by atoms with van der Waals surface area (Å²) in [7, 11) is 3.50. The first-order valence-corrected chi connectivity index (χ1v) is 5.75. The van der Waals surface area contributed by atoms with Gasteiger partial charge in [0.1, 0.15) is 4.99 Å². The molecule has 4 nitrogen and oxygen atoms in total. The highest BCUT2D eigenvalue weighted by atomic mass is 32.1. The van der Waals surface area contributed by atoms with Crippen molar-refractivity contribution in [3.05, 3.63) is 29.8 Å². The van der Waals surface area contributed by atoms with Gasteiger partial charge in [0.2, 0.25) is 5.91 Å². The molecule has 0 fully saturated rings. The van der Waals surface area contributed by atoms with E-state index in [4.69, 9.17) is 18.0 Å². The third-order valence-electron chi connectivity index (χ3n) is 2.34.